The van der Waals surface area contributed by atoms with Crippen molar-refractivity contribution in [3.63, 3.8) is 0 Å². The number of phenolic OH excluding ortho intramolecular Hbond substituents is 1. The Hall–Kier alpha value is -2.08. The molecule has 1 aromatic rings. The first-order valence-corrected chi connectivity index (χ1v) is 7.70. The molecule has 1 saturated heterocycles. The van der Waals surface area contributed by atoms with Gasteiger partial charge in [-0.05, 0) is 49.4 Å². The molecule has 2 aliphatic rings. The van der Waals surface area contributed by atoms with E-state index in [0.717, 1.165) is 0 Å². The maximum atomic E-state index is 12.4. The molecule has 1 saturated carbocycles. The van der Waals surface area contributed by atoms with Crippen LogP contribution in [0.3, 0.4) is 0 Å². The summed E-state index contributed by atoms with van der Waals surface area (Å²) in [7, 11) is 0. The molecule has 5 atom stereocenters. The van der Waals surface area contributed by atoms with E-state index in [9.17, 15) is 19.8 Å². The Bertz CT molecular complexity index is 644. The lowest BCUT2D eigenvalue weighted by Crippen LogP contribution is -2.48. The van der Waals surface area contributed by atoms with Crippen molar-refractivity contribution in [2.24, 2.45) is 17.8 Å². The van der Waals surface area contributed by atoms with E-state index in [2.05, 4.69) is 0 Å². The first kappa shape index (κ1) is 15.8. The van der Waals surface area contributed by atoms with Crippen LogP contribution in [-0.4, -0.2) is 34.4 Å². The average Bonchev–Trinajstić information content (AvgIpc) is 2.65. The van der Waals surface area contributed by atoms with E-state index < -0.39 is 36.0 Å². The fourth-order valence-electron chi connectivity index (χ4n) is 3.61. The number of aliphatic hydroxyl groups excluding tert-OH is 1. The summed E-state index contributed by atoms with van der Waals surface area (Å²) >= 11 is 0. The molecule has 2 fully saturated rings. The Balaban J connectivity index is 1.82. The highest BCUT2D eigenvalue weighted by atomic mass is 16.6. The fraction of sp³-hybridized carbons (Fsp3) is 0.529. The molecule has 1 aliphatic heterocycles. The number of esters is 2. The third-order valence-electron chi connectivity index (χ3n) is 4.85. The summed E-state index contributed by atoms with van der Waals surface area (Å²) < 4.78 is 10.5. The number of carbonyl (C=O) groups is 2. The van der Waals surface area contributed by atoms with Gasteiger partial charge in [0, 0.05) is 5.92 Å². The lowest BCUT2D eigenvalue weighted by Gasteiger charge is -2.31. The Morgan fingerprint density at radius 1 is 1.30 bits per heavy atom. The van der Waals surface area contributed by atoms with Crippen LogP contribution in [0.25, 0.3) is 0 Å². The monoisotopic (exact) mass is 320 g/mol. The molecule has 23 heavy (non-hydrogen) atoms. The van der Waals surface area contributed by atoms with Crippen molar-refractivity contribution >= 4 is 11.9 Å². The largest absolute Gasteiger partial charge is 0.507 e. The smallest absolute Gasteiger partial charge is 0.326 e. The van der Waals surface area contributed by atoms with Gasteiger partial charge in [0.05, 0.1) is 6.10 Å². The maximum absolute atomic E-state index is 12.4. The molecule has 1 heterocycles. The number of benzene rings is 1. The Morgan fingerprint density at radius 2 is 1.91 bits per heavy atom. The fourth-order valence-corrected chi connectivity index (χ4v) is 3.61. The molecule has 0 radical (unpaired) electrons. The minimum absolute atomic E-state index is 0.0231. The van der Waals surface area contributed by atoms with Gasteiger partial charge in [-0.2, -0.15) is 0 Å². The molecule has 6 nitrogen and oxygen atoms in total. The topological polar surface area (TPSA) is 93.1 Å². The summed E-state index contributed by atoms with van der Waals surface area (Å²) in [4.78, 5) is 24.5. The van der Waals surface area contributed by atoms with Crippen LogP contribution in [-0.2, 0) is 14.3 Å². The third-order valence-corrected chi connectivity index (χ3v) is 4.85. The average molecular weight is 320 g/mol. The van der Waals surface area contributed by atoms with E-state index in [-0.39, 0.29) is 17.4 Å². The van der Waals surface area contributed by atoms with Crippen molar-refractivity contribution in [3.8, 4) is 11.5 Å². The van der Waals surface area contributed by atoms with Crippen LogP contribution in [0.1, 0.15) is 24.5 Å². The summed E-state index contributed by atoms with van der Waals surface area (Å²) in [5.41, 5.74) is 1.15. The first-order valence-electron chi connectivity index (χ1n) is 7.70. The number of aryl methyl sites for hydroxylation is 2. The number of hydrogen-bond acceptors (Lipinski definition) is 6. The second kappa shape index (κ2) is 5.53. The minimum atomic E-state index is -1.11. The van der Waals surface area contributed by atoms with Gasteiger partial charge in [0.2, 0.25) is 0 Å². The Labute approximate surface area is 134 Å². The van der Waals surface area contributed by atoms with E-state index in [1.165, 1.54) is 12.1 Å². The number of ether oxygens (including phenoxy) is 2. The Kier molecular flexibility index (Phi) is 3.80. The highest BCUT2D eigenvalue weighted by molar-refractivity contribution is 5.97. The van der Waals surface area contributed by atoms with Crippen molar-refractivity contribution in [1.29, 1.82) is 0 Å². The number of carbonyl (C=O) groups excluding carboxylic acids is 2. The van der Waals surface area contributed by atoms with E-state index in [1.54, 1.807) is 13.8 Å². The SMILES string of the molecule is Cc1cc(OC(=O)C2C(=O)OC3C(C)CC2C3O)cc(C)c1O. The molecule has 0 amide bonds. The number of aromatic hydroxyl groups is 1. The Morgan fingerprint density at radius 3 is 2.52 bits per heavy atom. The number of rotatable bonds is 2. The molecular formula is C17H20O6. The summed E-state index contributed by atoms with van der Waals surface area (Å²) in [5.74, 6) is -2.51. The molecule has 1 aromatic carbocycles. The normalized spacial score (nSPS) is 32.5. The first-order chi connectivity index (χ1) is 10.8. The standard InChI is InChI=1S/C17H20O6/c1-7-4-10(5-8(2)13(7)18)22-16(20)12-11-6-9(3)15(14(11)19)23-17(12)21/h4-5,9,11-12,14-15,18-19H,6H2,1-3H3. The second-order valence-electron chi connectivity index (χ2n) is 6.57. The second-order valence-corrected chi connectivity index (χ2v) is 6.57. The molecule has 0 aromatic heterocycles. The van der Waals surface area contributed by atoms with Gasteiger partial charge in [-0.1, -0.05) is 6.92 Å². The van der Waals surface area contributed by atoms with Gasteiger partial charge >= 0.3 is 11.9 Å². The molecule has 5 unspecified atom stereocenters. The molecule has 0 spiro atoms. The predicted octanol–water partition coefficient (Wildman–Crippen LogP) is 1.47. The van der Waals surface area contributed by atoms with Gasteiger partial charge in [-0.15, -0.1) is 0 Å². The zero-order chi connectivity index (χ0) is 16.9. The molecule has 1 aliphatic carbocycles. The van der Waals surface area contributed by atoms with E-state index in [1.807, 2.05) is 6.92 Å². The third kappa shape index (κ3) is 2.57. The van der Waals surface area contributed by atoms with E-state index in [4.69, 9.17) is 9.47 Å². The van der Waals surface area contributed by atoms with E-state index in [0.29, 0.717) is 17.5 Å². The van der Waals surface area contributed by atoms with Crippen LogP contribution in [0, 0.1) is 31.6 Å². The lowest BCUT2D eigenvalue weighted by atomic mass is 9.87. The highest BCUT2D eigenvalue weighted by Gasteiger charge is 2.56. The van der Waals surface area contributed by atoms with Gasteiger partial charge in [0.25, 0.3) is 0 Å². The van der Waals surface area contributed by atoms with Crippen LogP contribution in [0.15, 0.2) is 12.1 Å². The molecule has 3 rings (SSSR count). The van der Waals surface area contributed by atoms with Gasteiger partial charge in [-0.25, -0.2) is 0 Å². The lowest BCUT2D eigenvalue weighted by molar-refractivity contribution is -0.180. The van der Waals surface area contributed by atoms with Crippen molar-refractivity contribution in [3.05, 3.63) is 23.3 Å². The van der Waals surface area contributed by atoms with Gasteiger partial charge < -0.3 is 19.7 Å². The van der Waals surface area contributed by atoms with Crippen molar-refractivity contribution in [1.82, 2.24) is 0 Å². The van der Waals surface area contributed by atoms with Gasteiger partial charge in [0.15, 0.2) is 5.92 Å². The highest BCUT2D eigenvalue weighted by Crippen LogP contribution is 2.43. The quantitative estimate of drug-likeness (QED) is 0.487. The van der Waals surface area contributed by atoms with Crippen molar-refractivity contribution in [2.75, 3.05) is 0 Å². The predicted molar refractivity (Wildman–Crippen MR) is 79.9 cm³/mol. The summed E-state index contributed by atoms with van der Waals surface area (Å²) in [6.45, 7) is 5.28. The maximum Gasteiger partial charge on any atom is 0.326 e. The molecule has 6 heteroatoms. The zero-order valence-corrected chi connectivity index (χ0v) is 13.3. The molecule has 2 N–H and O–H groups in total. The van der Waals surface area contributed by atoms with Crippen LogP contribution in [0.2, 0.25) is 0 Å². The molecular weight excluding hydrogens is 300 g/mol. The van der Waals surface area contributed by atoms with E-state index >= 15 is 0 Å². The number of fused-ring (bicyclic) bond motifs is 2. The van der Waals surface area contributed by atoms with Crippen molar-refractivity contribution in [2.45, 2.75) is 39.4 Å². The number of hydrogen-bond donors (Lipinski definition) is 2. The van der Waals surface area contributed by atoms with Crippen molar-refractivity contribution < 1.29 is 29.3 Å². The van der Waals surface area contributed by atoms with Gasteiger partial charge in [-0.3, -0.25) is 9.59 Å². The summed E-state index contributed by atoms with van der Waals surface area (Å²) in [5, 5.41) is 19.9. The zero-order valence-electron chi connectivity index (χ0n) is 13.3. The van der Waals surface area contributed by atoms with Crippen LogP contribution in [0.4, 0.5) is 0 Å². The summed E-state index contributed by atoms with van der Waals surface area (Å²) in [6, 6.07) is 3.07. The summed E-state index contributed by atoms with van der Waals surface area (Å²) in [6.07, 6.45) is -0.816. The number of phenols is 1. The van der Waals surface area contributed by atoms with Crippen LogP contribution in [0.5, 0.6) is 11.5 Å². The van der Waals surface area contributed by atoms with Crippen LogP contribution >= 0.6 is 0 Å². The molecule has 2 bridgehead atoms. The molecule has 124 valence electrons. The number of aliphatic hydroxyl groups is 1. The van der Waals surface area contributed by atoms with Crippen LogP contribution < -0.4 is 4.74 Å². The van der Waals surface area contributed by atoms with Gasteiger partial charge in [0.1, 0.15) is 17.6 Å². The minimum Gasteiger partial charge on any atom is -0.507 e.